The summed E-state index contributed by atoms with van der Waals surface area (Å²) in [4.78, 5) is 13.0. The molecule has 1 amide bonds. The molecular formula is C13H18BrNOS. The summed E-state index contributed by atoms with van der Waals surface area (Å²) >= 11 is 5.05. The highest BCUT2D eigenvalue weighted by molar-refractivity contribution is 9.11. The molecule has 1 N–H and O–H groups in total. The second-order valence-corrected chi connectivity index (χ2v) is 7.37. The molecule has 1 aliphatic carbocycles. The third-order valence-corrected chi connectivity index (χ3v) is 5.05. The summed E-state index contributed by atoms with van der Waals surface area (Å²) in [6.07, 6.45) is 5.46. The molecule has 0 aromatic carbocycles. The standard InChI is InChI=1S/C13H18BrNOS/c1-9-4-2-3-5-11(9)15-13(16)8-10-6-7-12(14)17-10/h6-7,9,11H,2-5,8H2,1H3,(H,15,16). The van der Waals surface area contributed by atoms with Gasteiger partial charge < -0.3 is 5.32 Å². The summed E-state index contributed by atoms with van der Waals surface area (Å²) in [5.74, 6) is 0.792. The van der Waals surface area contributed by atoms with Crippen LogP contribution in [-0.4, -0.2) is 11.9 Å². The lowest BCUT2D eigenvalue weighted by atomic mass is 9.86. The molecule has 1 aromatic rings. The van der Waals surface area contributed by atoms with Crippen LogP contribution >= 0.6 is 27.3 Å². The van der Waals surface area contributed by atoms with Gasteiger partial charge in [-0.05, 0) is 46.8 Å². The Morgan fingerprint density at radius 2 is 2.24 bits per heavy atom. The van der Waals surface area contributed by atoms with Gasteiger partial charge in [-0.1, -0.05) is 19.8 Å². The molecule has 1 fully saturated rings. The number of rotatable bonds is 3. The SMILES string of the molecule is CC1CCCCC1NC(=O)Cc1ccc(Br)s1. The zero-order chi connectivity index (χ0) is 12.3. The average Bonchev–Trinajstić information content (AvgIpc) is 2.67. The van der Waals surface area contributed by atoms with E-state index in [4.69, 9.17) is 0 Å². The first-order chi connectivity index (χ1) is 8.15. The zero-order valence-electron chi connectivity index (χ0n) is 10.0. The lowest BCUT2D eigenvalue weighted by molar-refractivity contribution is -0.121. The Kier molecular flexibility index (Phi) is 4.62. The van der Waals surface area contributed by atoms with Crippen molar-refractivity contribution in [2.75, 3.05) is 0 Å². The van der Waals surface area contributed by atoms with E-state index in [1.807, 2.05) is 12.1 Å². The van der Waals surface area contributed by atoms with Gasteiger partial charge in [0.25, 0.3) is 0 Å². The van der Waals surface area contributed by atoms with Crippen LogP contribution in [0.5, 0.6) is 0 Å². The van der Waals surface area contributed by atoms with E-state index in [-0.39, 0.29) is 5.91 Å². The molecule has 1 saturated carbocycles. The first-order valence-electron chi connectivity index (χ1n) is 6.19. The topological polar surface area (TPSA) is 29.1 Å². The van der Waals surface area contributed by atoms with Crippen molar-refractivity contribution < 1.29 is 4.79 Å². The van der Waals surface area contributed by atoms with Crippen molar-refractivity contribution in [2.24, 2.45) is 5.92 Å². The number of hydrogen-bond donors (Lipinski definition) is 1. The number of halogens is 1. The number of carbonyl (C=O) groups excluding carboxylic acids is 1. The number of carbonyl (C=O) groups is 1. The van der Waals surface area contributed by atoms with Crippen molar-refractivity contribution in [3.8, 4) is 0 Å². The van der Waals surface area contributed by atoms with Crippen LogP contribution in [0.25, 0.3) is 0 Å². The smallest absolute Gasteiger partial charge is 0.225 e. The van der Waals surface area contributed by atoms with Crippen LogP contribution in [0.2, 0.25) is 0 Å². The molecule has 0 aliphatic heterocycles. The first kappa shape index (κ1) is 13.1. The first-order valence-corrected chi connectivity index (χ1v) is 7.79. The van der Waals surface area contributed by atoms with Gasteiger partial charge in [-0.2, -0.15) is 0 Å². The minimum Gasteiger partial charge on any atom is -0.353 e. The molecule has 2 atom stereocenters. The van der Waals surface area contributed by atoms with Crippen molar-refractivity contribution in [1.82, 2.24) is 5.32 Å². The van der Waals surface area contributed by atoms with E-state index in [0.29, 0.717) is 18.4 Å². The van der Waals surface area contributed by atoms with Gasteiger partial charge >= 0.3 is 0 Å². The lowest BCUT2D eigenvalue weighted by Gasteiger charge is -2.29. The molecule has 0 bridgehead atoms. The molecule has 0 saturated heterocycles. The van der Waals surface area contributed by atoms with Gasteiger partial charge in [0.2, 0.25) is 5.91 Å². The van der Waals surface area contributed by atoms with Crippen molar-refractivity contribution >= 4 is 33.2 Å². The Balaban J connectivity index is 1.84. The molecule has 2 unspecified atom stereocenters. The molecule has 2 nitrogen and oxygen atoms in total. The number of nitrogens with one attached hydrogen (secondary N) is 1. The fraction of sp³-hybridized carbons (Fsp3) is 0.615. The quantitative estimate of drug-likeness (QED) is 0.904. The summed E-state index contributed by atoms with van der Waals surface area (Å²) in [6, 6.07) is 4.40. The molecule has 1 aromatic heterocycles. The fourth-order valence-electron chi connectivity index (χ4n) is 2.39. The van der Waals surface area contributed by atoms with E-state index in [2.05, 4.69) is 28.2 Å². The third kappa shape index (κ3) is 3.81. The Hall–Kier alpha value is -0.350. The Bertz CT molecular complexity index is 391. The van der Waals surface area contributed by atoms with Gasteiger partial charge in [-0.15, -0.1) is 11.3 Å². The normalized spacial score (nSPS) is 24.6. The molecule has 2 rings (SSSR count). The van der Waals surface area contributed by atoms with E-state index in [9.17, 15) is 4.79 Å². The molecule has 4 heteroatoms. The van der Waals surface area contributed by atoms with E-state index in [1.165, 1.54) is 19.3 Å². The highest BCUT2D eigenvalue weighted by Gasteiger charge is 2.22. The largest absolute Gasteiger partial charge is 0.353 e. The molecule has 0 radical (unpaired) electrons. The Morgan fingerprint density at radius 1 is 1.47 bits per heavy atom. The monoisotopic (exact) mass is 315 g/mol. The van der Waals surface area contributed by atoms with Gasteiger partial charge in [0.05, 0.1) is 10.2 Å². The molecule has 1 heterocycles. The fourth-order valence-corrected chi connectivity index (χ4v) is 3.88. The van der Waals surface area contributed by atoms with Gasteiger partial charge in [-0.3, -0.25) is 4.79 Å². The van der Waals surface area contributed by atoms with Crippen LogP contribution in [-0.2, 0) is 11.2 Å². The minimum atomic E-state index is 0.165. The lowest BCUT2D eigenvalue weighted by Crippen LogP contribution is -2.41. The number of thiophene rings is 1. The van der Waals surface area contributed by atoms with Crippen LogP contribution in [0.3, 0.4) is 0 Å². The number of amides is 1. The maximum atomic E-state index is 11.9. The molecular weight excluding hydrogens is 298 g/mol. The Labute approximate surface area is 115 Å². The van der Waals surface area contributed by atoms with E-state index >= 15 is 0 Å². The average molecular weight is 316 g/mol. The number of hydrogen-bond acceptors (Lipinski definition) is 2. The molecule has 17 heavy (non-hydrogen) atoms. The molecule has 1 aliphatic rings. The van der Waals surface area contributed by atoms with Gasteiger partial charge in [-0.25, -0.2) is 0 Å². The minimum absolute atomic E-state index is 0.165. The second-order valence-electron chi connectivity index (χ2n) is 4.82. The van der Waals surface area contributed by atoms with Gasteiger partial charge in [0.1, 0.15) is 0 Å². The van der Waals surface area contributed by atoms with Crippen molar-refractivity contribution in [1.29, 1.82) is 0 Å². The van der Waals surface area contributed by atoms with Gasteiger partial charge in [0.15, 0.2) is 0 Å². The molecule has 0 spiro atoms. The van der Waals surface area contributed by atoms with Crippen LogP contribution in [0.1, 0.15) is 37.5 Å². The van der Waals surface area contributed by atoms with Crippen molar-refractivity contribution in [3.63, 3.8) is 0 Å². The van der Waals surface area contributed by atoms with Crippen LogP contribution in [0.4, 0.5) is 0 Å². The predicted octanol–water partition coefficient (Wildman–Crippen LogP) is 3.75. The highest BCUT2D eigenvalue weighted by atomic mass is 79.9. The summed E-state index contributed by atoms with van der Waals surface area (Å²) in [6.45, 7) is 2.24. The van der Waals surface area contributed by atoms with Crippen molar-refractivity contribution in [2.45, 2.75) is 45.1 Å². The van der Waals surface area contributed by atoms with Gasteiger partial charge in [0, 0.05) is 10.9 Å². The summed E-state index contributed by atoms with van der Waals surface area (Å²) < 4.78 is 1.09. The van der Waals surface area contributed by atoms with Crippen molar-refractivity contribution in [3.05, 3.63) is 20.8 Å². The summed E-state index contributed by atoms with van der Waals surface area (Å²) in [5, 5.41) is 3.18. The maximum Gasteiger partial charge on any atom is 0.225 e. The van der Waals surface area contributed by atoms with E-state index in [1.54, 1.807) is 11.3 Å². The summed E-state index contributed by atoms with van der Waals surface area (Å²) in [5.41, 5.74) is 0. The van der Waals surface area contributed by atoms with E-state index in [0.717, 1.165) is 15.1 Å². The highest BCUT2D eigenvalue weighted by Crippen LogP contribution is 2.25. The Morgan fingerprint density at radius 3 is 2.88 bits per heavy atom. The van der Waals surface area contributed by atoms with Crippen LogP contribution < -0.4 is 5.32 Å². The van der Waals surface area contributed by atoms with E-state index < -0.39 is 0 Å². The maximum absolute atomic E-state index is 11.9. The molecule has 94 valence electrons. The van der Waals surface area contributed by atoms with Crippen LogP contribution in [0.15, 0.2) is 15.9 Å². The zero-order valence-corrected chi connectivity index (χ0v) is 12.4. The predicted molar refractivity (Wildman–Crippen MR) is 75.3 cm³/mol. The third-order valence-electron chi connectivity index (χ3n) is 3.42. The summed E-state index contributed by atoms with van der Waals surface area (Å²) in [7, 11) is 0. The van der Waals surface area contributed by atoms with Crippen LogP contribution in [0, 0.1) is 5.92 Å². The second kappa shape index (κ2) is 6.01.